The molecule has 0 saturated carbocycles. The third-order valence-electron chi connectivity index (χ3n) is 3.96. The molecular weight excluding hydrogens is 523 g/mol. The first-order chi connectivity index (χ1) is 15.0. The average Bonchev–Trinajstić information content (AvgIpc) is 2.70. The monoisotopic (exact) mass is 531 g/mol. The number of pyridine rings is 1. The van der Waals surface area contributed by atoms with Gasteiger partial charge in [-0.15, -0.1) is 0 Å². The lowest BCUT2D eigenvalue weighted by Gasteiger charge is -2.12. The maximum atomic E-state index is 12.7. The van der Waals surface area contributed by atoms with Crippen molar-refractivity contribution < 1.29 is 32.7 Å². The average molecular weight is 533 g/mol. The van der Waals surface area contributed by atoms with Crippen LogP contribution in [0.15, 0.2) is 53.1 Å². The Balaban J connectivity index is 1.78. The van der Waals surface area contributed by atoms with Crippen LogP contribution in [0.2, 0.25) is 5.02 Å². The third-order valence-corrected chi connectivity index (χ3v) is 4.93. The second-order valence-corrected chi connectivity index (χ2v) is 7.43. The zero-order valence-electron chi connectivity index (χ0n) is 15.5. The second-order valence-electron chi connectivity index (χ2n) is 6.17. The molecule has 0 aliphatic heterocycles. The van der Waals surface area contributed by atoms with Gasteiger partial charge in [-0.25, -0.2) is 4.98 Å². The van der Waals surface area contributed by atoms with Crippen LogP contribution in [0.25, 0.3) is 0 Å². The zero-order chi connectivity index (χ0) is 23.6. The minimum Gasteiger partial charge on any atom is -0.504 e. The van der Waals surface area contributed by atoms with Crippen molar-refractivity contribution in [2.24, 2.45) is 0 Å². The van der Waals surface area contributed by atoms with Gasteiger partial charge in [-0.3, -0.25) is 14.9 Å². The van der Waals surface area contributed by atoms with E-state index in [4.69, 9.17) is 16.3 Å². The van der Waals surface area contributed by atoms with Crippen molar-refractivity contribution in [3.8, 4) is 17.4 Å². The number of hydrogen-bond donors (Lipinski definition) is 2. The molecule has 8 nitrogen and oxygen atoms in total. The molecule has 0 atom stereocenters. The number of phenolic OH excluding ortho intramolecular Hbond substituents is 1. The van der Waals surface area contributed by atoms with Gasteiger partial charge >= 0.3 is 6.18 Å². The summed E-state index contributed by atoms with van der Waals surface area (Å²) in [6.07, 6.45) is -4.10. The molecule has 0 unspecified atom stereocenters. The number of alkyl halides is 3. The number of non-ortho nitro benzene ring substituents is 1. The molecule has 0 radical (unpaired) electrons. The zero-order valence-corrected chi connectivity index (χ0v) is 17.8. The van der Waals surface area contributed by atoms with E-state index in [1.165, 1.54) is 24.3 Å². The molecular formula is C19H10BrClF3N3O5. The quantitative estimate of drug-likeness (QED) is 0.300. The normalized spacial score (nSPS) is 11.2. The van der Waals surface area contributed by atoms with Crippen LogP contribution in [0.1, 0.15) is 15.9 Å². The molecule has 1 amide bonds. The van der Waals surface area contributed by atoms with Crippen LogP contribution in [0, 0.1) is 10.1 Å². The van der Waals surface area contributed by atoms with Crippen molar-refractivity contribution in [3.05, 3.63) is 79.4 Å². The molecule has 3 rings (SSSR count). The van der Waals surface area contributed by atoms with Crippen LogP contribution >= 0.6 is 27.5 Å². The molecule has 0 aliphatic carbocycles. The molecule has 0 bridgehead atoms. The van der Waals surface area contributed by atoms with E-state index < -0.39 is 33.3 Å². The number of rotatable bonds is 5. The highest BCUT2D eigenvalue weighted by molar-refractivity contribution is 9.10. The first-order valence-corrected chi connectivity index (χ1v) is 9.61. The van der Waals surface area contributed by atoms with Gasteiger partial charge in [0.2, 0.25) is 5.88 Å². The number of carbonyl (C=O) groups excluding carboxylic acids is 1. The minimum atomic E-state index is -4.63. The molecule has 3 aromatic rings. The molecule has 0 fully saturated rings. The summed E-state index contributed by atoms with van der Waals surface area (Å²) in [6.45, 7) is 0. The first-order valence-electron chi connectivity index (χ1n) is 8.44. The van der Waals surface area contributed by atoms with E-state index in [0.717, 1.165) is 12.1 Å². The number of anilines is 1. The molecule has 32 heavy (non-hydrogen) atoms. The molecule has 2 N–H and O–H groups in total. The lowest BCUT2D eigenvalue weighted by molar-refractivity contribution is -0.384. The smallest absolute Gasteiger partial charge is 0.417 e. The maximum Gasteiger partial charge on any atom is 0.417 e. The number of nitro groups is 1. The highest BCUT2D eigenvalue weighted by Gasteiger charge is 2.32. The van der Waals surface area contributed by atoms with E-state index in [0.29, 0.717) is 16.7 Å². The molecule has 0 aliphatic rings. The van der Waals surface area contributed by atoms with Crippen LogP contribution in [0.5, 0.6) is 17.4 Å². The van der Waals surface area contributed by atoms with Gasteiger partial charge in [-0.1, -0.05) is 11.6 Å². The van der Waals surface area contributed by atoms with Gasteiger partial charge in [0.05, 0.1) is 16.1 Å². The van der Waals surface area contributed by atoms with Crippen LogP contribution in [0.3, 0.4) is 0 Å². The maximum absolute atomic E-state index is 12.7. The summed E-state index contributed by atoms with van der Waals surface area (Å²) in [5, 5.41) is 23.1. The van der Waals surface area contributed by atoms with E-state index >= 15 is 0 Å². The summed E-state index contributed by atoms with van der Waals surface area (Å²) < 4.78 is 43.7. The van der Waals surface area contributed by atoms with E-state index in [1.54, 1.807) is 0 Å². The van der Waals surface area contributed by atoms with E-state index in [2.05, 4.69) is 26.2 Å². The van der Waals surface area contributed by atoms with E-state index in [-0.39, 0.29) is 28.6 Å². The van der Waals surface area contributed by atoms with Gasteiger partial charge in [0.1, 0.15) is 5.02 Å². The number of nitrogens with zero attached hydrogens (tertiary/aromatic N) is 2. The summed E-state index contributed by atoms with van der Waals surface area (Å²) in [4.78, 5) is 26.2. The lowest BCUT2D eigenvalue weighted by atomic mass is 10.2. The SMILES string of the molecule is O=C(Nc1ccc(Oc2ncc(C(F)(F)F)cc2Cl)c(O)c1)c1cc([N+](=O)[O-])ccc1Br. The van der Waals surface area contributed by atoms with Crippen LogP contribution in [-0.4, -0.2) is 20.9 Å². The second kappa shape index (κ2) is 9.01. The van der Waals surface area contributed by atoms with Gasteiger partial charge in [0, 0.05) is 34.6 Å². The Labute approximate surface area is 190 Å². The molecule has 0 spiro atoms. The number of nitrogens with one attached hydrogen (secondary N) is 1. The standard InChI is InChI=1S/C19H10BrClF3N3O5/c20-13-3-2-11(27(30)31)7-12(13)17(29)26-10-1-4-16(15(28)6-10)32-18-14(21)5-9(8-25-18)19(22,23)24/h1-8,28H,(H,26,29). The highest BCUT2D eigenvalue weighted by atomic mass is 79.9. The summed E-state index contributed by atoms with van der Waals surface area (Å²) >= 11 is 8.91. The first kappa shape index (κ1) is 23.3. The van der Waals surface area contributed by atoms with Gasteiger partial charge in [-0.05, 0) is 40.2 Å². The van der Waals surface area contributed by atoms with Crippen molar-refractivity contribution in [1.82, 2.24) is 4.98 Å². The molecule has 0 saturated heterocycles. The van der Waals surface area contributed by atoms with Gasteiger partial charge in [-0.2, -0.15) is 13.2 Å². The number of halogens is 5. The number of benzene rings is 2. The molecule has 13 heteroatoms. The van der Waals surface area contributed by atoms with Crippen molar-refractivity contribution in [2.75, 3.05) is 5.32 Å². The number of aromatic nitrogens is 1. The highest BCUT2D eigenvalue weighted by Crippen LogP contribution is 2.37. The lowest BCUT2D eigenvalue weighted by Crippen LogP contribution is -2.13. The predicted octanol–water partition coefficient (Wildman–Crippen LogP) is 6.17. The summed E-state index contributed by atoms with van der Waals surface area (Å²) in [7, 11) is 0. The van der Waals surface area contributed by atoms with Crippen molar-refractivity contribution in [3.63, 3.8) is 0 Å². The number of nitro benzene ring substituents is 1. The number of phenols is 1. The number of amides is 1. The topological polar surface area (TPSA) is 115 Å². The molecule has 166 valence electrons. The Morgan fingerprint density at radius 3 is 2.53 bits per heavy atom. The Kier molecular flexibility index (Phi) is 6.55. The predicted molar refractivity (Wildman–Crippen MR) is 111 cm³/mol. The summed E-state index contributed by atoms with van der Waals surface area (Å²) in [5.41, 5.74) is -1.25. The summed E-state index contributed by atoms with van der Waals surface area (Å²) in [6, 6.07) is 7.94. The van der Waals surface area contributed by atoms with E-state index in [9.17, 15) is 33.2 Å². The van der Waals surface area contributed by atoms with E-state index in [1.807, 2.05) is 0 Å². The van der Waals surface area contributed by atoms with Crippen LogP contribution < -0.4 is 10.1 Å². The minimum absolute atomic E-state index is 0.0141. The van der Waals surface area contributed by atoms with Crippen LogP contribution in [0.4, 0.5) is 24.5 Å². The number of hydrogen-bond acceptors (Lipinski definition) is 6. The Hall–Kier alpha value is -3.38. The largest absolute Gasteiger partial charge is 0.504 e. The van der Waals surface area contributed by atoms with Crippen LogP contribution in [-0.2, 0) is 6.18 Å². The van der Waals surface area contributed by atoms with Gasteiger partial charge in [0.15, 0.2) is 11.5 Å². The number of aromatic hydroxyl groups is 1. The van der Waals surface area contributed by atoms with Crippen molar-refractivity contribution in [2.45, 2.75) is 6.18 Å². The third kappa shape index (κ3) is 5.26. The fourth-order valence-electron chi connectivity index (χ4n) is 2.44. The number of carbonyl (C=O) groups is 1. The Bertz CT molecular complexity index is 1220. The molecule has 2 aromatic carbocycles. The fraction of sp³-hybridized carbons (Fsp3) is 0.0526. The van der Waals surface area contributed by atoms with Gasteiger partial charge < -0.3 is 15.2 Å². The fourth-order valence-corrected chi connectivity index (χ4v) is 3.07. The molecule has 1 aromatic heterocycles. The Morgan fingerprint density at radius 1 is 1.22 bits per heavy atom. The summed E-state index contributed by atoms with van der Waals surface area (Å²) in [5.74, 6) is -1.72. The van der Waals surface area contributed by atoms with Crippen molar-refractivity contribution in [1.29, 1.82) is 0 Å². The van der Waals surface area contributed by atoms with Gasteiger partial charge in [0.25, 0.3) is 11.6 Å². The van der Waals surface area contributed by atoms with Crippen molar-refractivity contribution >= 4 is 44.8 Å². The number of ether oxygens (including phenoxy) is 1. The Morgan fingerprint density at radius 2 is 1.94 bits per heavy atom. The molecule has 1 heterocycles.